The maximum atomic E-state index is 9.08. The first-order valence-corrected chi connectivity index (χ1v) is 4.36. The number of rotatable bonds is 1. The number of benzene rings is 1. The Morgan fingerprint density at radius 3 is 2.46 bits per heavy atom. The number of imidazole rings is 1. The number of nitrogens with zero attached hydrogens (tertiary/aromatic N) is 2. The average molecular weight is 192 g/mol. The third-order valence-corrected chi connectivity index (χ3v) is 2.05. The second-order valence-corrected chi connectivity index (χ2v) is 3.35. The zero-order chi connectivity index (χ0) is 9.26. The SMILES string of the molecule is Oc1ccc(-c2cn(P)cn2)cc1. The lowest BCUT2D eigenvalue weighted by molar-refractivity contribution is 0.475. The van der Waals surface area contributed by atoms with E-state index >= 15 is 0 Å². The lowest BCUT2D eigenvalue weighted by Crippen LogP contribution is -1.75. The molecule has 0 radical (unpaired) electrons. The number of aromatic nitrogens is 2. The topological polar surface area (TPSA) is 38.0 Å². The van der Waals surface area contributed by atoms with Crippen LogP contribution >= 0.6 is 9.39 Å². The molecule has 2 rings (SSSR count). The van der Waals surface area contributed by atoms with Gasteiger partial charge < -0.3 is 9.44 Å². The Labute approximate surface area is 78.3 Å². The van der Waals surface area contributed by atoms with Crippen molar-refractivity contribution >= 4 is 9.39 Å². The van der Waals surface area contributed by atoms with E-state index < -0.39 is 0 Å². The molecule has 0 spiro atoms. The van der Waals surface area contributed by atoms with Crippen molar-refractivity contribution in [3.63, 3.8) is 0 Å². The summed E-state index contributed by atoms with van der Waals surface area (Å²) >= 11 is 0. The van der Waals surface area contributed by atoms with E-state index in [1.807, 2.05) is 22.7 Å². The van der Waals surface area contributed by atoms with Crippen LogP contribution in [0.2, 0.25) is 0 Å². The maximum absolute atomic E-state index is 9.08. The molecule has 13 heavy (non-hydrogen) atoms. The molecule has 0 saturated carbocycles. The van der Waals surface area contributed by atoms with Crippen LogP contribution in [0.25, 0.3) is 11.3 Å². The van der Waals surface area contributed by atoms with Crippen molar-refractivity contribution in [3.8, 4) is 17.0 Å². The summed E-state index contributed by atoms with van der Waals surface area (Å²) in [6, 6.07) is 6.97. The van der Waals surface area contributed by atoms with E-state index in [-0.39, 0.29) is 5.75 Å². The number of phenolic OH excluding ortho intramolecular Hbond substituents is 1. The van der Waals surface area contributed by atoms with Gasteiger partial charge in [-0.3, -0.25) is 0 Å². The second kappa shape index (κ2) is 3.19. The highest BCUT2D eigenvalue weighted by Crippen LogP contribution is 2.20. The maximum Gasteiger partial charge on any atom is 0.115 e. The monoisotopic (exact) mass is 192 g/mol. The second-order valence-electron chi connectivity index (χ2n) is 2.75. The molecule has 0 bridgehead atoms. The minimum absolute atomic E-state index is 0.272. The zero-order valence-electron chi connectivity index (χ0n) is 6.88. The van der Waals surface area contributed by atoms with E-state index in [1.54, 1.807) is 18.5 Å². The number of hydrogen-bond acceptors (Lipinski definition) is 2. The predicted molar refractivity (Wildman–Crippen MR) is 54.4 cm³/mol. The van der Waals surface area contributed by atoms with Crippen LogP contribution in [0.5, 0.6) is 5.75 Å². The molecule has 0 aliphatic heterocycles. The number of hydrogen-bond donors (Lipinski definition) is 1. The Hall–Kier alpha value is -1.34. The molecule has 0 aliphatic rings. The summed E-state index contributed by atoms with van der Waals surface area (Å²) in [5, 5.41) is 9.08. The molecule has 0 saturated heterocycles. The molecule has 0 amide bonds. The lowest BCUT2D eigenvalue weighted by Gasteiger charge is -1.95. The molecule has 0 fully saturated rings. The third-order valence-electron chi connectivity index (χ3n) is 1.76. The van der Waals surface area contributed by atoms with Crippen molar-refractivity contribution in [1.82, 2.24) is 9.32 Å². The highest BCUT2D eigenvalue weighted by molar-refractivity contribution is 7.14. The van der Waals surface area contributed by atoms with Gasteiger partial charge in [-0.25, -0.2) is 4.98 Å². The van der Waals surface area contributed by atoms with Crippen molar-refractivity contribution in [2.45, 2.75) is 0 Å². The highest BCUT2D eigenvalue weighted by atomic mass is 31.0. The molecular formula is C9H9N2OP. The van der Waals surface area contributed by atoms with Crippen LogP contribution in [-0.4, -0.2) is 14.4 Å². The van der Waals surface area contributed by atoms with Crippen LogP contribution in [0.3, 0.4) is 0 Å². The van der Waals surface area contributed by atoms with Crippen LogP contribution in [0.4, 0.5) is 0 Å². The zero-order valence-corrected chi connectivity index (χ0v) is 8.04. The van der Waals surface area contributed by atoms with Gasteiger partial charge in [-0.15, -0.1) is 0 Å². The highest BCUT2D eigenvalue weighted by Gasteiger charge is 1.99. The van der Waals surface area contributed by atoms with Gasteiger partial charge in [0.2, 0.25) is 0 Å². The fourth-order valence-electron chi connectivity index (χ4n) is 1.12. The molecule has 1 unspecified atom stereocenters. The van der Waals surface area contributed by atoms with Gasteiger partial charge in [0.05, 0.1) is 12.0 Å². The summed E-state index contributed by atoms with van der Waals surface area (Å²) in [7, 11) is 2.51. The van der Waals surface area contributed by atoms with Gasteiger partial charge in [0.25, 0.3) is 0 Å². The van der Waals surface area contributed by atoms with Crippen LogP contribution in [0.15, 0.2) is 36.8 Å². The predicted octanol–water partition coefficient (Wildman–Crippen LogP) is 1.89. The smallest absolute Gasteiger partial charge is 0.115 e. The number of phenols is 1. The van der Waals surface area contributed by atoms with E-state index in [0.717, 1.165) is 11.3 Å². The lowest BCUT2D eigenvalue weighted by atomic mass is 10.2. The Morgan fingerprint density at radius 2 is 1.92 bits per heavy atom. The van der Waals surface area contributed by atoms with Crippen molar-refractivity contribution in [1.29, 1.82) is 0 Å². The van der Waals surface area contributed by atoms with E-state index in [1.165, 1.54) is 0 Å². The molecule has 2 aromatic rings. The molecule has 1 atom stereocenters. The van der Waals surface area contributed by atoms with Crippen molar-refractivity contribution < 1.29 is 5.11 Å². The van der Waals surface area contributed by atoms with Gasteiger partial charge in [0.15, 0.2) is 0 Å². The van der Waals surface area contributed by atoms with Crippen LogP contribution < -0.4 is 0 Å². The van der Waals surface area contributed by atoms with Crippen molar-refractivity contribution in [3.05, 3.63) is 36.8 Å². The number of aromatic hydroxyl groups is 1. The van der Waals surface area contributed by atoms with Gasteiger partial charge in [-0.1, -0.05) is 0 Å². The fourth-order valence-corrected chi connectivity index (χ4v) is 1.33. The van der Waals surface area contributed by atoms with Crippen molar-refractivity contribution in [2.24, 2.45) is 0 Å². The summed E-state index contributed by atoms with van der Waals surface area (Å²) < 4.78 is 1.81. The Kier molecular flexibility index (Phi) is 2.03. The summed E-state index contributed by atoms with van der Waals surface area (Å²) in [4.78, 5) is 4.18. The average Bonchev–Trinajstić information content (AvgIpc) is 2.53. The van der Waals surface area contributed by atoms with E-state index in [2.05, 4.69) is 14.4 Å². The normalized spacial score (nSPS) is 10.2. The molecule has 1 heterocycles. The molecule has 66 valence electrons. The first-order chi connectivity index (χ1) is 6.25. The molecule has 1 aromatic carbocycles. The van der Waals surface area contributed by atoms with E-state index in [4.69, 9.17) is 5.11 Å². The van der Waals surface area contributed by atoms with E-state index in [9.17, 15) is 0 Å². The summed E-state index contributed by atoms with van der Waals surface area (Å²) in [5.41, 5.74) is 1.90. The molecular weight excluding hydrogens is 183 g/mol. The summed E-state index contributed by atoms with van der Waals surface area (Å²) in [5.74, 6) is 0.272. The van der Waals surface area contributed by atoms with Crippen LogP contribution in [-0.2, 0) is 0 Å². The van der Waals surface area contributed by atoms with Crippen molar-refractivity contribution in [2.75, 3.05) is 0 Å². The quantitative estimate of drug-likeness (QED) is 0.700. The van der Waals surface area contributed by atoms with Gasteiger partial charge in [-0.2, -0.15) is 0 Å². The molecule has 3 nitrogen and oxygen atoms in total. The van der Waals surface area contributed by atoms with E-state index in [0.29, 0.717) is 0 Å². The fraction of sp³-hybridized carbons (Fsp3) is 0. The Morgan fingerprint density at radius 1 is 1.23 bits per heavy atom. The molecule has 1 aromatic heterocycles. The standard InChI is InChI=1S/C9H9N2OP/c12-8-3-1-7(2-4-8)9-5-11(13)6-10-9/h1-6,12H,13H2. The van der Waals surface area contributed by atoms with Gasteiger partial charge >= 0.3 is 0 Å². The van der Waals surface area contributed by atoms with Gasteiger partial charge in [-0.05, 0) is 33.7 Å². The van der Waals surface area contributed by atoms with Gasteiger partial charge in [0.1, 0.15) is 5.75 Å². The Bertz CT molecular complexity index is 408. The molecule has 0 aliphatic carbocycles. The minimum Gasteiger partial charge on any atom is -0.508 e. The minimum atomic E-state index is 0.272. The molecule has 1 N–H and O–H groups in total. The van der Waals surface area contributed by atoms with Crippen LogP contribution in [0.1, 0.15) is 0 Å². The summed E-state index contributed by atoms with van der Waals surface area (Å²) in [6.45, 7) is 0. The molecule has 4 heteroatoms. The first-order valence-electron chi connectivity index (χ1n) is 3.84. The van der Waals surface area contributed by atoms with Gasteiger partial charge in [0, 0.05) is 11.8 Å². The summed E-state index contributed by atoms with van der Waals surface area (Å²) in [6.07, 6.45) is 3.61. The first kappa shape index (κ1) is 8.27. The third kappa shape index (κ3) is 1.70. The Balaban J connectivity index is 2.41. The largest absolute Gasteiger partial charge is 0.508 e. The van der Waals surface area contributed by atoms with Crippen LogP contribution in [0, 0.1) is 0 Å².